The average Bonchev–Trinajstić information content (AvgIpc) is 2.74. The number of anilines is 2. The Bertz CT molecular complexity index is 1010. The molecule has 0 bridgehead atoms. The van der Waals surface area contributed by atoms with Crippen molar-refractivity contribution >= 4 is 39.1 Å². The first-order valence-corrected chi connectivity index (χ1v) is 9.63. The molecule has 0 aliphatic heterocycles. The highest BCUT2D eigenvalue weighted by atomic mass is 79.9. The van der Waals surface area contributed by atoms with Crippen LogP contribution in [0.3, 0.4) is 0 Å². The molecule has 0 spiro atoms. The van der Waals surface area contributed by atoms with E-state index in [1.54, 1.807) is 60.7 Å². The van der Waals surface area contributed by atoms with E-state index in [0.717, 1.165) is 4.47 Å². The molecule has 0 aliphatic carbocycles. The Morgan fingerprint density at radius 2 is 1.66 bits per heavy atom. The Morgan fingerprint density at radius 1 is 0.897 bits per heavy atom. The number of halogens is 1. The molecule has 0 atom stereocenters. The third-order valence-electron chi connectivity index (χ3n) is 3.99. The predicted octanol–water partition coefficient (Wildman–Crippen LogP) is 4.21. The SMILES string of the molecule is O=C(COc1ccccc1C(=O)Nc1cccc(CO)c1)Nc1ccc(Br)cc1. The lowest BCUT2D eigenvalue weighted by Gasteiger charge is -2.12. The van der Waals surface area contributed by atoms with Crippen LogP contribution in [0, 0.1) is 0 Å². The maximum absolute atomic E-state index is 12.6. The summed E-state index contributed by atoms with van der Waals surface area (Å²) < 4.78 is 6.49. The number of aliphatic hydroxyl groups is 1. The molecule has 3 aromatic carbocycles. The molecule has 0 saturated carbocycles. The second-order valence-electron chi connectivity index (χ2n) is 6.15. The first-order chi connectivity index (χ1) is 14.0. The lowest BCUT2D eigenvalue weighted by atomic mass is 10.1. The van der Waals surface area contributed by atoms with Crippen LogP contribution < -0.4 is 15.4 Å². The lowest BCUT2D eigenvalue weighted by molar-refractivity contribution is -0.118. The van der Waals surface area contributed by atoms with Crippen molar-refractivity contribution in [1.29, 1.82) is 0 Å². The summed E-state index contributed by atoms with van der Waals surface area (Å²) >= 11 is 3.34. The van der Waals surface area contributed by atoms with Gasteiger partial charge in [0.1, 0.15) is 5.75 Å². The summed E-state index contributed by atoms with van der Waals surface area (Å²) in [6.07, 6.45) is 0. The molecule has 0 aliphatic rings. The molecular formula is C22H19BrN2O4. The number of para-hydroxylation sites is 1. The molecular weight excluding hydrogens is 436 g/mol. The summed E-state index contributed by atoms with van der Waals surface area (Å²) in [6, 6.07) is 20.8. The van der Waals surface area contributed by atoms with Crippen LogP contribution in [0.1, 0.15) is 15.9 Å². The fourth-order valence-corrected chi connectivity index (χ4v) is 2.86. The molecule has 7 heteroatoms. The van der Waals surface area contributed by atoms with Gasteiger partial charge in [0.15, 0.2) is 6.61 Å². The Balaban J connectivity index is 1.64. The third-order valence-corrected chi connectivity index (χ3v) is 4.51. The van der Waals surface area contributed by atoms with Crippen LogP contribution in [0.5, 0.6) is 5.75 Å². The van der Waals surface area contributed by atoms with Gasteiger partial charge >= 0.3 is 0 Å². The standard InChI is InChI=1S/C22H19BrN2O4/c23-16-8-10-17(11-9-16)24-21(27)14-29-20-7-2-1-6-19(20)22(28)25-18-5-3-4-15(12-18)13-26/h1-12,26H,13-14H2,(H,24,27)(H,25,28). The van der Waals surface area contributed by atoms with Crippen LogP contribution in [0.4, 0.5) is 11.4 Å². The zero-order chi connectivity index (χ0) is 20.6. The molecule has 6 nitrogen and oxygen atoms in total. The summed E-state index contributed by atoms with van der Waals surface area (Å²) in [5, 5.41) is 14.7. The van der Waals surface area contributed by atoms with E-state index in [1.165, 1.54) is 0 Å². The minimum absolute atomic E-state index is 0.114. The second-order valence-corrected chi connectivity index (χ2v) is 7.07. The number of carbonyl (C=O) groups excluding carboxylic acids is 2. The first-order valence-electron chi connectivity index (χ1n) is 8.83. The van der Waals surface area contributed by atoms with E-state index in [0.29, 0.717) is 28.3 Å². The fourth-order valence-electron chi connectivity index (χ4n) is 2.60. The van der Waals surface area contributed by atoms with Crippen molar-refractivity contribution in [1.82, 2.24) is 0 Å². The Labute approximate surface area is 176 Å². The van der Waals surface area contributed by atoms with Crippen LogP contribution in [0.15, 0.2) is 77.3 Å². The summed E-state index contributed by atoms with van der Waals surface area (Å²) in [6.45, 7) is -0.350. The molecule has 3 N–H and O–H groups in total. The number of hydrogen-bond acceptors (Lipinski definition) is 4. The average molecular weight is 455 g/mol. The van der Waals surface area contributed by atoms with Crippen molar-refractivity contribution in [2.75, 3.05) is 17.2 Å². The lowest BCUT2D eigenvalue weighted by Crippen LogP contribution is -2.21. The van der Waals surface area contributed by atoms with E-state index in [4.69, 9.17) is 4.74 Å². The number of aliphatic hydroxyl groups excluding tert-OH is 1. The maximum Gasteiger partial charge on any atom is 0.262 e. The zero-order valence-corrected chi connectivity index (χ0v) is 17.0. The van der Waals surface area contributed by atoms with Gasteiger partial charge in [-0.25, -0.2) is 0 Å². The van der Waals surface area contributed by atoms with Crippen molar-refractivity contribution in [2.45, 2.75) is 6.61 Å². The summed E-state index contributed by atoms with van der Waals surface area (Å²) in [7, 11) is 0. The molecule has 0 unspecified atom stereocenters. The van der Waals surface area contributed by atoms with E-state index >= 15 is 0 Å². The highest BCUT2D eigenvalue weighted by Crippen LogP contribution is 2.21. The van der Waals surface area contributed by atoms with Crippen molar-refractivity contribution in [3.63, 3.8) is 0 Å². The fraction of sp³-hybridized carbons (Fsp3) is 0.0909. The van der Waals surface area contributed by atoms with Gasteiger partial charge < -0.3 is 20.5 Å². The maximum atomic E-state index is 12.6. The van der Waals surface area contributed by atoms with Crippen LogP contribution in [-0.2, 0) is 11.4 Å². The number of benzene rings is 3. The Kier molecular flexibility index (Phi) is 6.99. The molecule has 148 valence electrons. The van der Waals surface area contributed by atoms with Crippen molar-refractivity contribution in [3.8, 4) is 5.75 Å². The van der Waals surface area contributed by atoms with E-state index in [2.05, 4.69) is 26.6 Å². The van der Waals surface area contributed by atoms with E-state index in [9.17, 15) is 14.7 Å². The molecule has 0 radical (unpaired) electrons. The van der Waals surface area contributed by atoms with Gasteiger partial charge in [0.25, 0.3) is 11.8 Å². The Morgan fingerprint density at radius 3 is 2.41 bits per heavy atom. The molecule has 3 rings (SSSR count). The van der Waals surface area contributed by atoms with Crippen molar-refractivity contribution in [2.24, 2.45) is 0 Å². The van der Waals surface area contributed by atoms with Gasteiger partial charge in [-0.1, -0.05) is 40.2 Å². The number of hydrogen-bond donors (Lipinski definition) is 3. The number of ether oxygens (including phenoxy) is 1. The molecule has 3 aromatic rings. The first kappa shape index (κ1) is 20.6. The van der Waals surface area contributed by atoms with Gasteiger partial charge in [-0.15, -0.1) is 0 Å². The highest BCUT2D eigenvalue weighted by molar-refractivity contribution is 9.10. The van der Waals surface area contributed by atoms with Gasteiger partial charge in [0, 0.05) is 15.8 Å². The van der Waals surface area contributed by atoms with Gasteiger partial charge in [0.2, 0.25) is 0 Å². The van der Waals surface area contributed by atoms with E-state index in [1.807, 2.05) is 12.1 Å². The van der Waals surface area contributed by atoms with Gasteiger partial charge in [-0.3, -0.25) is 9.59 Å². The second kappa shape index (κ2) is 9.86. The van der Waals surface area contributed by atoms with Crippen molar-refractivity contribution in [3.05, 3.63) is 88.4 Å². The molecule has 0 aromatic heterocycles. The van der Waals surface area contributed by atoms with Crippen LogP contribution in [-0.4, -0.2) is 23.5 Å². The van der Waals surface area contributed by atoms with Crippen molar-refractivity contribution < 1.29 is 19.4 Å². The zero-order valence-electron chi connectivity index (χ0n) is 15.4. The van der Waals surface area contributed by atoms with Crippen LogP contribution in [0.2, 0.25) is 0 Å². The van der Waals surface area contributed by atoms with Crippen LogP contribution in [0.25, 0.3) is 0 Å². The molecule has 29 heavy (non-hydrogen) atoms. The molecule has 0 saturated heterocycles. The monoisotopic (exact) mass is 454 g/mol. The van der Waals surface area contributed by atoms with Gasteiger partial charge in [0.05, 0.1) is 12.2 Å². The molecule has 2 amide bonds. The normalized spacial score (nSPS) is 10.3. The Hall–Kier alpha value is -3.16. The minimum Gasteiger partial charge on any atom is -0.483 e. The van der Waals surface area contributed by atoms with E-state index < -0.39 is 0 Å². The molecule has 0 fully saturated rings. The summed E-state index contributed by atoms with van der Waals surface area (Å²) in [4.78, 5) is 24.8. The molecule has 0 heterocycles. The predicted molar refractivity (Wildman–Crippen MR) is 115 cm³/mol. The van der Waals surface area contributed by atoms with Crippen LogP contribution >= 0.6 is 15.9 Å². The highest BCUT2D eigenvalue weighted by Gasteiger charge is 2.14. The number of nitrogens with one attached hydrogen (secondary N) is 2. The topological polar surface area (TPSA) is 87.7 Å². The quantitative estimate of drug-likeness (QED) is 0.498. The summed E-state index contributed by atoms with van der Waals surface area (Å²) in [5.74, 6) is -0.406. The number of rotatable bonds is 7. The third kappa shape index (κ3) is 5.91. The van der Waals surface area contributed by atoms with Gasteiger partial charge in [-0.2, -0.15) is 0 Å². The van der Waals surface area contributed by atoms with Gasteiger partial charge in [-0.05, 0) is 54.1 Å². The summed E-state index contributed by atoms with van der Waals surface area (Å²) in [5.41, 5.74) is 2.20. The smallest absolute Gasteiger partial charge is 0.262 e. The number of amides is 2. The minimum atomic E-state index is -0.371. The number of carbonyl (C=O) groups is 2. The largest absolute Gasteiger partial charge is 0.483 e. The van der Waals surface area contributed by atoms with E-state index in [-0.39, 0.29) is 25.0 Å².